The molecule has 0 aliphatic rings. The Balaban J connectivity index is 2.71. The molecule has 0 unspecified atom stereocenters. The van der Waals surface area contributed by atoms with E-state index in [-0.39, 0.29) is 0 Å². The molecule has 0 bridgehead atoms. The van der Waals surface area contributed by atoms with E-state index in [1.807, 2.05) is 0 Å². The highest BCUT2D eigenvalue weighted by Gasteiger charge is 2.31. The second-order valence-electron chi connectivity index (χ2n) is 4.61. The highest BCUT2D eigenvalue weighted by molar-refractivity contribution is 7.85. The lowest BCUT2D eigenvalue weighted by molar-refractivity contribution is 0.102. The van der Waals surface area contributed by atoms with Gasteiger partial charge in [-0.05, 0) is 12.1 Å². The van der Waals surface area contributed by atoms with E-state index >= 15 is 0 Å². The molecule has 25 heavy (non-hydrogen) atoms. The summed E-state index contributed by atoms with van der Waals surface area (Å²) in [6, 6.07) is 2.04. The lowest BCUT2D eigenvalue weighted by Gasteiger charge is -2.11. The van der Waals surface area contributed by atoms with Gasteiger partial charge < -0.3 is 4.74 Å². The van der Waals surface area contributed by atoms with Gasteiger partial charge in [0.15, 0.2) is 23.3 Å². The largest absolute Gasteiger partial charge is 0.496 e. The average molecular weight is 382 g/mol. The maximum absolute atomic E-state index is 13.7. The van der Waals surface area contributed by atoms with Gasteiger partial charge in [-0.1, -0.05) is 0 Å². The summed E-state index contributed by atoms with van der Waals surface area (Å²) in [5.41, 5.74) is -2.41. The van der Waals surface area contributed by atoms with Crippen LogP contribution in [0, 0.1) is 29.1 Å². The van der Waals surface area contributed by atoms with Gasteiger partial charge >= 0.3 is 0 Å². The molecule has 2 aromatic carbocycles. The summed E-state index contributed by atoms with van der Waals surface area (Å²) in [4.78, 5) is 11.5. The van der Waals surface area contributed by atoms with Crippen molar-refractivity contribution < 1.29 is 44.5 Å². The van der Waals surface area contributed by atoms with Crippen molar-refractivity contribution in [2.45, 2.75) is 4.90 Å². The number of halogens is 5. The second-order valence-corrected chi connectivity index (χ2v) is 6.03. The maximum Gasteiger partial charge on any atom is 0.294 e. The van der Waals surface area contributed by atoms with Crippen LogP contribution in [-0.4, -0.2) is 25.9 Å². The Labute approximate surface area is 137 Å². The third-order valence-electron chi connectivity index (χ3n) is 3.15. The lowest BCUT2D eigenvalue weighted by atomic mass is 10.0. The lowest BCUT2D eigenvalue weighted by Crippen LogP contribution is -2.14. The first-order valence-corrected chi connectivity index (χ1v) is 7.66. The summed E-state index contributed by atoms with van der Waals surface area (Å²) in [6.07, 6.45) is 0. The van der Waals surface area contributed by atoms with Crippen LogP contribution in [-0.2, 0) is 10.1 Å². The van der Waals surface area contributed by atoms with Gasteiger partial charge in [0, 0.05) is 6.07 Å². The Morgan fingerprint density at radius 1 is 0.960 bits per heavy atom. The van der Waals surface area contributed by atoms with E-state index in [9.17, 15) is 35.2 Å². The summed E-state index contributed by atoms with van der Waals surface area (Å²) in [5.74, 6) is -13.9. The first-order valence-electron chi connectivity index (χ1n) is 6.22. The minimum absolute atomic E-state index is 0.566. The predicted molar refractivity (Wildman–Crippen MR) is 72.5 cm³/mol. The average Bonchev–Trinajstić information content (AvgIpc) is 2.56. The topological polar surface area (TPSA) is 80.7 Å². The van der Waals surface area contributed by atoms with Crippen LogP contribution < -0.4 is 4.74 Å². The number of carbonyl (C=O) groups is 1. The number of rotatable bonds is 4. The van der Waals surface area contributed by atoms with Crippen molar-refractivity contribution in [3.8, 4) is 5.75 Å². The third kappa shape index (κ3) is 3.20. The molecule has 134 valence electrons. The zero-order valence-corrected chi connectivity index (χ0v) is 12.9. The fourth-order valence-electron chi connectivity index (χ4n) is 1.96. The molecule has 11 heteroatoms. The minimum atomic E-state index is -4.69. The van der Waals surface area contributed by atoms with E-state index in [1.54, 1.807) is 0 Å². The molecule has 2 rings (SSSR count). The van der Waals surface area contributed by atoms with Gasteiger partial charge in [-0.2, -0.15) is 8.42 Å². The van der Waals surface area contributed by atoms with E-state index < -0.39 is 66.8 Å². The molecule has 0 amide bonds. The summed E-state index contributed by atoms with van der Waals surface area (Å²) in [5, 5.41) is 0. The predicted octanol–water partition coefficient (Wildman–Crippen LogP) is 2.87. The number of hydrogen-bond acceptors (Lipinski definition) is 4. The monoisotopic (exact) mass is 382 g/mol. The van der Waals surface area contributed by atoms with Crippen LogP contribution in [0.2, 0.25) is 0 Å². The van der Waals surface area contributed by atoms with Gasteiger partial charge in [0.05, 0.1) is 17.6 Å². The molecular weight excluding hydrogens is 375 g/mol. The first kappa shape index (κ1) is 18.8. The number of hydrogen-bond donors (Lipinski definition) is 1. The number of benzene rings is 2. The highest BCUT2D eigenvalue weighted by Crippen LogP contribution is 2.29. The fourth-order valence-corrected chi connectivity index (χ4v) is 2.45. The molecule has 0 fully saturated rings. The summed E-state index contributed by atoms with van der Waals surface area (Å²) >= 11 is 0. The summed E-state index contributed by atoms with van der Waals surface area (Å²) in [6.45, 7) is 0. The van der Waals surface area contributed by atoms with Crippen LogP contribution in [0.15, 0.2) is 23.1 Å². The first-order chi connectivity index (χ1) is 11.5. The molecule has 0 aliphatic carbocycles. The van der Waals surface area contributed by atoms with E-state index in [4.69, 9.17) is 4.55 Å². The Bertz CT molecular complexity index is 959. The van der Waals surface area contributed by atoms with Crippen LogP contribution in [0.5, 0.6) is 5.75 Å². The molecule has 0 spiro atoms. The third-order valence-corrected chi connectivity index (χ3v) is 4.00. The van der Waals surface area contributed by atoms with Crippen LogP contribution in [0.25, 0.3) is 0 Å². The van der Waals surface area contributed by atoms with Crippen LogP contribution in [0.3, 0.4) is 0 Å². The van der Waals surface area contributed by atoms with Gasteiger partial charge in [0.1, 0.15) is 11.3 Å². The van der Waals surface area contributed by atoms with Gasteiger partial charge in [0.25, 0.3) is 10.1 Å². The molecule has 0 atom stereocenters. The molecule has 5 nitrogen and oxygen atoms in total. The zero-order chi connectivity index (χ0) is 19.1. The normalized spacial score (nSPS) is 11.5. The Morgan fingerprint density at radius 3 is 1.88 bits per heavy atom. The molecule has 0 radical (unpaired) electrons. The standard InChI is InChI=1S/C14H7F5O5S/c1-24-7-4-5(25(21,22)23)2-3-6(7)14(20)8-9(15)11(17)13(19)12(18)10(8)16/h2-4H,1H3,(H,21,22,23). The highest BCUT2D eigenvalue weighted by atomic mass is 32.2. The second kappa shape index (κ2) is 6.41. The van der Waals surface area contributed by atoms with Crippen molar-refractivity contribution in [1.29, 1.82) is 0 Å². The van der Waals surface area contributed by atoms with Crippen molar-refractivity contribution in [2.24, 2.45) is 0 Å². The van der Waals surface area contributed by atoms with Crippen LogP contribution >= 0.6 is 0 Å². The van der Waals surface area contributed by atoms with Crippen molar-refractivity contribution in [2.75, 3.05) is 7.11 Å². The Kier molecular flexibility index (Phi) is 4.82. The van der Waals surface area contributed by atoms with Crippen molar-refractivity contribution >= 4 is 15.9 Å². The van der Waals surface area contributed by atoms with Crippen LogP contribution in [0.1, 0.15) is 15.9 Å². The van der Waals surface area contributed by atoms with Gasteiger partial charge in [-0.3, -0.25) is 9.35 Å². The molecule has 0 aliphatic heterocycles. The zero-order valence-electron chi connectivity index (χ0n) is 12.1. The fraction of sp³-hybridized carbons (Fsp3) is 0.0714. The molecule has 1 N–H and O–H groups in total. The molecular formula is C14H7F5O5S. The molecule has 0 saturated carbocycles. The summed E-state index contributed by atoms with van der Waals surface area (Å²) in [7, 11) is -3.73. The summed E-state index contributed by atoms with van der Waals surface area (Å²) < 4.78 is 103. The van der Waals surface area contributed by atoms with Crippen LogP contribution in [0.4, 0.5) is 22.0 Å². The van der Waals surface area contributed by atoms with Gasteiger partial charge in [-0.15, -0.1) is 0 Å². The smallest absolute Gasteiger partial charge is 0.294 e. The van der Waals surface area contributed by atoms with Gasteiger partial charge in [-0.25, -0.2) is 22.0 Å². The number of methoxy groups -OCH3 is 1. The SMILES string of the molecule is COc1cc(S(=O)(=O)O)ccc1C(=O)c1c(F)c(F)c(F)c(F)c1F. The van der Waals surface area contributed by atoms with Gasteiger partial charge in [0.2, 0.25) is 11.6 Å². The van der Waals surface area contributed by atoms with E-state index in [0.717, 1.165) is 7.11 Å². The number of ether oxygens (including phenoxy) is 1. The minimum Gasteiger partial charge on any atom is -0.496 e. The van der Waals surface area contributed by atoms with E-state index in [0.29, 0.717) is 18.2 Å². The number of ketones is 1. The van der Waals surface area contributed by atoms with Crippen molar-refractivity contribution in [3.63, 3.8) is 0 Å². The molecule has 2 aromatic rings. The van der Waals surface area contributed by atoms with Crippen molar-refractivity contribution in [3.05, 3.63) is 58.4 Å². The number of carbonyl (C=O) groups excluding carboxylic acids is 1. The Hall–Kier alpha value is -2.53. The van der Waals surface area contributed by atoms with Crippen molar-refractivity contribution in [1.82, 2.24) is 0 Å². The molecule has 0 heterocycles. The Morgan fingerprint density at radius 2 is 1.44 bits per heavy atom. The quantitative estimate of drug-likeness (QED) is 0.289. The molecule has 0 aromatic heterocycles. The molecule has 0 saturated heterocycles. The van der Waals surface area contributed by atoms with E-state index in [2.05, 4.69) is 4.74 Å². The maximum atomic E-state index is 13.7. The van der Waals surface area contributed by atoms with E-state index in [1.165, 1.54) is 0 Å².